The van der Waals surface area contributed by atoms with Crippen LogP contribution in [0.4, 0.5) is 37.5 Å². The lowest BCUT2D eigenvalue weighted by Crippen LogP contribution is -2.06. The van der Waals surface area contributed by atoms with Crippen LogP contribution in [0.2, 0.25) is 5.02 Å². The van der Waals surface area contributed by atoms with Crippen LogP contribution >= 0.6 is 11.6 Å². The minimum absolute atomic E-state index is 0.0468. The lowest BCUT2D eigenvalue weighted by atomic mass is 10.3. The van der Waals surface area contributed by atoms with Gasteiger partial charge in [-0.1, -0.05) is 23.7 Å². The SMILES string of the molecule is Nc1c(Nc2ccc(F)cc2F)ncnc1Nc1ccccc1Cl. The summed E-state index contributed by atoms with van der Waals surface area (Å²) in [6.07, 6.45) is 1.26. The number of halogens is 3. The van der Waals surface area contributed by atoms with E-state index in [1.165, 1.54) is 12.4 Å². The first-order valence-corrected chi connectivity index (χ1v) is 7.26. The van der Waals surface area contributed by atoms with E-state index in [4.69, 9.17) is 17.3 Å². The molecule has 0 aliphatic heterocycles. The number of nitrogens with two attached hydrogens (primary N) is 1. The Morgan fingerprint density at radius 1 is 0.917 bits per heavy atom. The van der Waals surface area contributed by atoms with Gasteiger partial charge in [0.25, 0.3) is 0 Å². The highest BCUT2D eigenvalue weighted by Crippen LogP contribution is 2.31. The van der Waals surface area contributed by atoms with Gasteiger partial charge in [0.2, 0.25) is 0 Å². The van der Waals surface area contributed by atoms with Gasteiger partial charge in [-0.25, -0.2) is 18.7 Å². The van der Waals surface area contributed by atoms with Crippen LogP contribution in [0.5, 0.6) is 0 Å². The zero-order chi connectivity index (χ0) is 17.1. The van der Waals surface area contributed by atoms with Crippen molar-refractivity contribution in [2.24, 2.45) is 0 Å². The molecule has 1 aromatic heterocycles. The fraction of sp³-hybridized carbons (Fsp3) is 0. The molecule has 3 aromatic rings. The average Bonchev–Trinajstić information content (AvgIpc) is 2.55. The number of nitrogens with one attached hydrogen (secondary N) is 2. The molecule has 5 nitrogen and oxygen atoms in total. The molecule has 122 valence electrons. The summed E-state index contributed by atoms with van der Waals surface area (Å²) in [5.74, 6) is -0.934. The van der Waals surface area contributed by atoms with Gasteiger partial charge in [-0.15, -0.1) is 0 Å². The summed E-state index contributed by atoms with van der Waals surface area (Å²) in [4.78, 5) is 8.04. The summed E-state index contributed by atoms with van der Waals surface area (Å²) in [7, 11) is 0. The van der Waals surface area contributed by atoms with E-state index in [0.717, 1.165) is 12.1 Å². The maximum atomic E-state index is 13.7. The van der Waals surface area contributed by atoms with Crippen molar-refractivity contribution in [2.75, 3.05) is 16.4 Å². The number of para-hydroxylation sites is 1. The third-order valence-corrected chi connectivity index (χ3v) is 3.52. The number of nitrogens with zero attached hydrogens (tertiary/aromatic N) is 2. The lowest BCUT2D eigenvalue weighted by molar-refractivity contribution is 0.586. The first kappa shape index (κ1) is 15.9. The summed E-state index contributed by atoms with van der Waals surface area (Å²) < 4.78 is 26.7. The second kappa shape index (κ2) is 6.67. The molecular formula is C16H12ClF2N5. The van der Waals surface area contributed by atoms with Gasteiger partial charge < -0.3 is 16.4 Å². The van der Waals surface area contributed by atoms with Gasteiger partial charge in [0.15, 0.2) is 11.6 Å². The molecule has 0 fully saturated rings. The molecule has 0 radical (unpaired) electrons. The lowest BCUT2D eigenvalue weighted by Gasteiger charge is -2.13. The first-order chi connectivity index (χ1) is 11.5. The third-order valence-electron chi connectivity index (χ3n) is 3.20. The zero-order valence-corrected chi connectivity index (χ0v) is 13.0. The largest absolute Gasteiger partial charge is 0.393 e. The molecule has 1 heterocycles. The van der Waals surface area contributed by atoms with Crippen LogP contribution in [0.1, 0.15) is 0 Å². The van der Waals surface area contributed by atoms with E-state index in [0.29, 0.717) is 16.5 Å². The molecule has 24 heavy (non-hydrogen) atoms. The Morgan fingerprint density at radius 2 is 1.58 bits per heavy atom. The Morgan fingerprint density at radius 3 is 2.25 bits per heavy atom. The molecular weight excluding hydrogens is 336 g/mol. The number of hydrogen-bond donors (Lipinski definition) is 3. The summed E-state index contributed by atoms with van der Waals surface area (Å²) in [5, 5.41) is 6.20. The Kier molecular flexibility index (Phi) is 4.43. The van der Waals surface area contributed by atoms with Crippen LogP contribution in [0.25, 0.3) is 0 Å². The van der Waals surface area contributed by atoms with Crippen LogP contribution in [-0.4, -0.2) is 9.97 Å². The maximum absolute atomic E-state index is 13.7. The minimum atomic E-state index is -0.756. The minimum Gasteiger partial charge on any atom is -0.393 e. The van der Waals surface area contributed by atoms with Gasteiger partial charge in [-0.2, -0.15) is 0 Å². The first-order valence-electron chi connectivity index (χ1n) is 6.88. The third kappa shape index (κ3) is 3.36. The summed E-state index contributed by atoms with van der Waals surface area (Å²) >= 11 is 6.08. The van der Waals surface area contributed by atoms with Gasteiger partial charge in [0.1, 0.15) is 23.6 Å². The van der Waals surface area contributed by atoms with Crippen molar-refractivity contribution in [1.82, 2.24) is 9.97 Å². The number of anilines is 5. The van der Waals surface area contributed by atoms with E-state index < -0.39 is 11.6 Å². The monoisotopic (exact) mass is 347 g/mol. The molecule has 0 unspecified atom stereocenters. The average molecular weight is 348 g/mol. The number of hydrogen-bond acceptors (Lipinski definition) is 5. The Labute approximate surface area is 141 Å². The number of aromatic nitrogens is 2. The van der Waals surface area contributed by atoms with E-state index in [-0.39, 0.29) is 17.2 Å². The van der Waals surface area contributed by atoms with E-state index in [9.17, 15) is 8.78 Å². The van der Waals surface area contributed by atoms with Crippen molar-refractivity contribution in [1.29, 1.82) is 0 Å². The topological polar surface area (TPSA) is 75.9 Å². The normalized spacial score (nSPS) is 10.5. The van der Waals surface area contributed by atoms with Gasteiger partial charge >= 0.3 is 0 Å². The van der Waals surface area contributed by atoms with Gasteiger partial charge in [-0.05, 0) is 24.3 Å². The van der Waals surface area contributed by atoms with Crippen molar-refractivity contribution in [3.8, 4) is 0 Å². The van der Waals surface area contributed by atoms with Crippen molar-refractivity contribution in [3.63, 3.8) is 0 Å². The molecule has 0 amide bonds. The summed E-state index contributed by atoms with van der Waals surface area (Å²) in [5.41, 5.74) is 6.85. The molecule has 0 aliphatic carbocycles. The van der Waals surface area contributed by atoms with Crippen LogP contribution in [0.15, 0.2) is 48.8 Å². The molecule has 8 heteroatoms. The van der Waals surface area contributed by atoms with E-state index in [1.54, 1.807) is 24.3 Å². The second-order valence-electron chi connectivity index (χ2n) is 4.84. The standard InChI is InChI=1S/C16H12ClF2N5/c17-10-3-1-2-4-12(10)23-15-14(20)16(22-8-21-15)24-13-6-5-9(18)7-11(13)19/h1-8H,20H2,(H2,21,22,23,24). The molecule has 0 spiro atoms. The van der Waals surface area contributed by atoms with E-state index >= 15 is 0 Å². The fourth-order valence-corrected chi connectivity index (χ4v) is 2.19. The highest BCUT2D eigenvalue weighted by Gasteiger charge is 2.12. The number of nitrogen functional groups attached to an aromatic ring is 1. The maximum Gasteiger partial charge on any atom is 0.159 e. The van der Waals surface area contributed by atoms with Crippen molar-refractivity contribution in [2.45, 2.75) is 0 Å². The molecule has 0 saturated carbocycles. The van der Waals surface area contributed by atoms with Crippen LogP contribution in [-0.2, 0) is 0 Å². The molecule has 3 rings (SSSR count). The van der Waals surface area contributed by atoms with Crippen molar-refractivity contribution < 1.29 is 8.78 Å². The number of benzene rings is 2. The highest BCUT2D eigenvalue weighted by atomic mass is 35.5. The van der Waals surface area contributed by atoms with Crippen molar-refractivity contribution in [3.05, 3.63) is 65.4 Å². The zero-order valence-electron chi connectivity index (χ0n) is 12.2. The Balaban J connectivity index is 1.89. The van der Waals surface area contributed by atoms with Gasteiger partial charge in [0, 0.05) is 6.07 Å². The van der Waals surface area contributed by atoms with Gasteiger partial charge in [0.05, 0.1) is 16.4 Å². The predicted octanol–water partition coefficient (Wildman–Crippen LogP) is 4.48. The fourth-order valence-electron chi connectivity index (χ4n) is 2.00. The smallest absolute Gasteiger partial charge is 0.159 e. The number of rotatable bonds is 4. The molecule has 4 N–H and O–H groups in total. The Bertz CT molecular complexity index is 888. The van der Waals surface area contributed by atoms with Crippen LogP contribution in [0, 0.1) is 11.6 Å². The molecule has 0 atom stereocenters. The molecule has 0 aliphatic rings. The predicted molar refractivity (Wildman–Crippen MR) is 90.8 cm³/mol. The molecule has 2 aromatic carbocycles. The van der Waals surface area contributed by atoms with Crippen molar-refractivity contribution >= 4 is 40.3 Å². The van der Waals surface area contributed by atoms with E-state index in [2.05, 4.69) is 20.6 Å². The Hall–Kier alpha value is -2.93. The second-order valence-corrected chi connectivity index (χ2v) is 5.25. The summed E-state index contributed by atoms with van der Waals surface area (Å²) in [6, 6.07) is 10.2. The van der Waals surface area contributed by atoms with Crippen LogP contribution in [0.3, 0.4) is 0 Å². The van der Waals surface area contributed by atoms with Gasteiger partial charge in [-0.3, -0.25) is 0 Å². The van der Waals surface area contributed by atoms with Crippen LogP contribution < -0.4 is 16.4 Å². The van der Waals surface area contributed by atoms with E-state index in [1.807, 2.05) is 0 Å². The molecule has 0 bridgehead atoms. The quantitative estimate of drug-likeness (QED) is 0.649. The molecule has 0 saturated heterocycles. The summed E-state index contributed by atoms with van der Waals surface area (Å²) in [6.45, 7) is 0. The highest BCUT2D eigenvalue weighted by molar-refractivity contribution is 6.33.